The van der Waals surface area contributed by atoms with Gasteiger partial charge in [0.25, 0.3) is 0 Å². The highest BCUT2D eigenvalue weighted by Crippen LogP contribution is 2.29. The van der Waals surface area contributed by atoms with E-state index < -0.39 is 11.7 Å². The lowest BCUT2D eigenvalue weighted by Crippen LogP contribution is -2.52. The zero-order chi connectivity index (χ0) is 21.4. The van der Waals surface area contributed by atoms with E-state index in [-0.39, 0.29) is 0 Å². The molecule has 1 aliphatic heterocycles. The number of aryl methyl sites for hydroxylation is 1. The number of guanidine groups is 1. The Kier molecular flexibility index (Phi) is 7.67. The number of halogens is 3. The molecule has 1 aromatic carbocycles. The molecule has 0 spiro atoms. The van der Waals surface area contributed by atoms with Gasteiger partial charge in [0.15, 0.2) is 5.96 Å². The van der Waals surface area contributed by atoms with Crippen LogP contribution in [0.3, 0.4) is 0 Å². The molecule has 3 rings (SSSR count). The van der Waals surface area contributed by atoms with Gasteiger partial charge >= 0.3 is 6.18 Å². The second kappa shape index (κ2) is 10.4. The summed E-state index contributed by atoms with van der Waals surface area (Å²) in [7, 11) is 1.77. The number of hydrogen-bond donors (Lipinski definition) is 1. The van der Waals surface area contributed by atoms with E-state index in [0.717, 1.165) is 64.1 Å². The van der Waals surface area contributed by atoms with Crippen molar-refractivity contribution in [1.29, 1.82) is 0 Å². The quantitative estimate of drug-likeness (QED) is 0.421. The highest BCUT2D eigenvalue weighted by atomic mass is 19.4. The van der Waals surface area contributed by atoms with Gasteiger partial charge in [-0.25, -0.2) is 0 Å². The van der Waals surface area contributed by atoms with Gasteiger partial charge in [-0.2, -0.15) is 13.2 Å². The monoisotopic (exact) mass is 423 g/mol. The molecule has 0 saturated carbocycles. The highest BCUT2D eigenvalue weighted by molar-refractivity contribution is 5.79. The molecule has 1 aromatic heterocycles. The second-order valence-electron chi connectivity index (χ2n) is 7.34. The van der Waals surface area contributed by atoms with Crippen molar-refractivity contribution in [3.05, 3.63) is 48.0 Å². The molecular formula is C20H28F3N7. The lowest BCUT2D eigenvalue weighted by molar-refractivity contribution is -0.137. The molecular weight excluding hydrogens is 395 g/mol. The number of nitrogens with one attached hydrogen (secondary N) is 1. The number of aromatic nitrogens is 3. The number of piperazine rings is 1. The van der Waals surface area contributed by atoms with Crippen LogP contribution in [0.4, 0.5) is 13.2 Å². The molecule has 1 aliphatic rings. The first-order chi connectivity index (χ1) is 14.5. The third-order valence-corrected chi connectivity index (χ3v) is 5.14. The summed E-state index contributed by atoms with van der Waals surface area (Å²) in [6.07, 6.45) is 1.15. The van der Waals surface area contributed by atoms with Crippen LogP contribution >= 0.6 is 0 Å². The van der Waals surface area contributed by atoms with Gasteiger partial charge in [-0.05, 0) is 24.5 Å². The van der Waals surface area contributed by atoms with Crippen LogP contribution in [-0.4, -0.2) is 70.3 Å². The minimum Gasteiger partial charge on any atom is -0.356 e. The van der Waals surface area contributed by atoms with E-state index in [1.165, 1.54) is 12.1 Å². The van der Waals surface area contributed by atoms with Gasteiger partial charge in [-0.3, -0.25) is 9.89 Å². The Bertz CT molecular complexity index is 797. The standard InChI is InChI=1S/C20H28F3N7/c1-24-19(25-7-2-3-8-29-15-26-27-16-29)30-11-9-28(10-12-30)14-17-5-4-6-18(13-17)20(21,22)23/h4-6,13,15-16H,2-3,7-12,14H2,1H3,(H,24,25). The predicted octanol–water partition coefficient (Wildman–Crippen LogP) is 2.47. The van der Waals surface area contributed by atoms with Gasteiger partial charge in [0, 0.05) is 52.9 Å². The second-order valence-corrected chi connectivity index (χ2v) is 7.34. The third kappa shape index (κ3) is 6.45. The molecule has 1 saturated heterocycles. The maximum atomic E-state index is 12.9. The predicted molar refractivity (Wildman–Crippen MR) is 109 cm³/mol. The lowest BCUT2D eigenvalue weighted by Gasteiger charge is -2.36. The number of nitrogens with zero attached hydrogens (tertiary/aromatic N) is 6. The fraction of sp³-hybridized carbons (Fsp3) is 0.550. The summed E-state index contributed by atoms with van der Waals surface area (Å²) in [5, 5.41) is 11.0. The Labute approximate surface area is 174 Å². The molecule has 2 heterocycles. The van der Waals surface area contributed by atoms with Crippen molar-refractivity contribution in [2.75, 3.05) is 39.8 Å². The molecule has 2 aromatic rings. The summed E-state index contributed by atoms with van der Waals surface area (Å²) in [5.74, 6) is 0.873. The maximum Gasteiger partial charge on any atom is 0.416 e. The van der Waals surface area contributed by atoms with Crippen molar-refractivity contribution in [3.63, 3.8) is 0 Å². The number of unbranched alkanes of at least 4 members (excludes halogenated alkanes) is 1. The molecule has 0 unspecified atom stereocenters. The Balaban J connectivity index is 1.39. The first-order valence-electron chi connectivity index (χ1n) is 10.1. The van der Waals surface area contributed by atoms with E-state index in [1.807, 2.05) is 4.57 Å². The summed E-state index contributed by atoms with van der Waals surface area (Å²) in [6, 6.07) is 5.58. The molecule has 1 N–H and O–H groups in total. The zero-order valence-corrected chi connectivity index (χ0v) is 17.1. The van der Waals surface area contributed by atoms with E-state index >= 15 is 0 Å². The van der Waals surface area contributed by atoms with Crippen LogP contribution in [0, 0.1) is 0 Å². The number of alkyl halides is 3. The Hall–Kier alpha value is -2.62. The minimum absolute atomic E-state index is 0.521. The molecule has 0 bridgehead atoms. The molecule has 0 atom stereocenters. The summed E-state index contributed by atoms with van der Waals surface area (Å²) < 4.78 is 40.7. The van der Waals surface area contributed by atoms with Gasteiger partial charge in [-0.1, -0.05) is 18.2 Å². The average Bonchev–Trinajstić information content (AvgIpc) is 3.25. The highest BCUT2D eigenvalue weighted by Gasteiger charge is 2.30. The molecule has 7 nitrogen and oxygen atoms in total. The first-order valence-corrected chi connectivity index (χ1v) is 10.1. The van der Waals surface area contributed by atoms with E-state index in [2.05, 4.69) is 30.3 Å². The largest absolute Gasteiger partial charge is 0.416 e. The van der Waals surface area contributed by atoms with Crippen molar-refractivity contribution in [1.82, 2.24) is 29.9 Å². The topological polar surface area (TPSA) is 61.6 Å². The number of benzene rings is 1. The summed E-state index contributed by atoms with van der Waals surface area (Å²) >= 11 is 0. The van der Waals surface area contributed by atoms with Crippen LogP contribution in [0.5, 0.6) is 0 Å². The van der Waals surface area contributed by atoms with Crippen LogP contribution in [-0.2, 0) is 19.3 Å². The van der Waals surface area contributed by atoms with Gasteiger partial charge in [0.05, 0.1) is 5.56 Å². The fourth-order valence-corrected chi connectivity index (χ4v) is 3.51. The lowest BCUT2D eigenvalue weighted by atomic mass is 10.1. The zero-order valence-electron chi connectivity index (χ0n) is 17.1. The molecule has 30 heavy (non-hydrogen) atoms. The molecule has 1 fully saturated rings. The summed E-state index contributed by atoms with van der Waals surface area (Å²) in [5.41, 5.74) is 0.0985. The van der Waals surface area contributed by atoms with E-state index in [4.69, 9.17) is 0 Å². The van der Waals surface area contributed by atoms with Crippen LogP contribution in [0.1, 0.15) is 24.0 Å². The van der Waals surface area contributed by atoms with Gasteiger partial charge in [0.2, 0.25) is 0 Å². The van der Waals surface area contributed by atoms with Gasteiger partial charge < -0.3 is 14.8 Å². The van der Waals surface area contributed by atoms with Crippen molar-refractivity contribution >= 4 is 5.96 Å². The number of rotatable bonds is 7. The van der Waals surface area contributed by atoms with Crippen molar-refractivity contribution in [2.24, 2.45) is 4.99 Å². The average molecular weight is 423 g/mol. The number of hydrogen-bond acceptors (Lipinski definition) is 4. The van der Waals surface area contributed by atoms with Crippen LogP contribution in [0.15, 0.2) is 41.9 Å². The van der Waals surface area contributed by atoms with Crippen molar-refractivity contribution < 1.29 is 13.2 Å². The van der Waals surface area contributed by atoms with Crippen LogP contribution in [0.25, 0.3) is 0 Å². The first kappa shape index (κ1) is 22.1. The molecule has 164 valence electrons. The summed E-state index contributed by atoms with van der Waals surface area (Å²) in [6.45, 7) is 5.39. The molecule has 0 amide bonds. The smallest absolute Gasteiger partial charge is 0.356 e. The summed E-state index contributed by atoms with van der Waals surface area (Å²) in [4.78, 5) is 8.75. The van der Waals surface area contributed by atoms with Gasteiger partial charge in [-0.15, -0.1) is 10.2 Å². The Morgan fingerprint density at radius 1 is 1.10 bits per heavy atom. The molecule has 0 aliphatic carbocycles. The Morgan fingerprint density at radius 3 is 2.50 bits per heavy atom. The van der Waals surface area contributed by atoms with E-state index in [0.29, 0.717) is 12.1 Å². The van der Waals surface area contributed by atoms with Crippen molar-refractivity contribution in [2.45, 2.75) is 32.1 Å². The van der Waals surface area contributed by atoms with E-state index in [9.17, 15) is 13.2 Å². The molecule has 10 heteroatoms. The van der Waals surface area contributed by atoms with Crippen molar-refractivity contribution in [3.8, 4) is 0 Å². The Morgan fingerprint density at radius 2 is 1.83 bits per heavy atom. The van der Waals surface area contributed by atoms with E-state index in [1.54, 1.807) is 25.8 Å². The van der Waals surface area contributed by atoms with Gasteiger partial charge in [0.1, 0.15) is 12.7 Å². The minimum atomic E-state index is -4.30. The maximum absolute atomic E-state index is 12.9. The SMILES string of the molecule is CN=C(NCCCCn1cnnc1)N1CCN(Cc2cccc(C(F)(F)F)c2)CC1. The normalized spacial score (nSPS) is 16.1. The number of aliphatic imine (C=N–C) groups is 1. The molecule has 0 radical (unpaired) electrons. The van der Waals surface area contributed by atoms with Crippen LogP contribution in [0.2, 0.25) is 0 Å². The third-order valence-electron chi connectivity index (χ3n) is 5.14. The fourth-order valence-electron chi connectivity index (χ4n) is 3.51. The van der Waals surface area contributed by atoms with Crippen LogP contribution < -0.4 is 5.32 Å².